The van der Waals surface area contributed by atoms with Crippen LogP contribution in [0.3, 0.4) is 0 Å². The maximum atomic E-state index is 13.6. The molecule has 2 rings (SSSR count). The van der Waals surface area contributed by atoms with E-state index in [9.17, 15) is 8.78 Å². The van der Waals surface area contributed by atoms with Crippen molar-refractivity contribution in [1.82, 2.24) is 15.1 Å². The summed E-state index contributed by atoms with van der Waals surface area (Å²) in [5.74, 6) is -0.912. The van der Waals surface area contributed by atoms with Crippen LogP contribution in [0.4, 0.5) is 20.4 Å². The van der Waals surface area contributed by atoms with Gasteiger partial charge in [0.25, 0.3) is 0 Å². The lowest BCUT2D eigenvalue weighted by atomic mass is 10.3. The van der Waals surface area contributed by atoms with Crippen LogP contribution in [0.2, 0.25) is 0 Å². The molecule has 20 heavy (non-hydrogen) atoms. The monoisotopic (exact) mass is 283 g/mol. The molecule has 0 spiro atoms. The average Bonchev–Trinajstić information content (AvgIpc) is 2.93. The third-order valence-electron chi connectivity index (χ3n) is 2.52. The van der Waals surface area contributed by atoms with Gasteiger partial charge in [-0.15, -0.1) is 0 Å². The number of pyridine rings is 1. The Hall–Kier alpha value is -2.25. The molecular weight excluding hydrogens is 268 g/mol. The van der Waals surface area contributed by atoms with E-state index in [0.717, 1.165) is 12.5 Å². The van der Waals surface area contributed by atoms with Crippen molar-refractivity contribution < 1.29 is 13.3 Å². The number of hydrogen-bond donors (Lipinski definition) is 2. The predicted molar refractivity (Wildman–Crippen MR) is 69.4 cm³/mol. The number of anilines is 2. The molecule has 0 amide bonds. The SMILES string of the molecule is CCCNc1nc(NCCc2ncon2)c(F)cc1F. The summed E-state index contributed by atoms with van der Waals surface area (Å²) >= 11 is 0. The summed E-state index contributed by atoms with van der Waals surface area (Å²) in [5, 5.41) is 9.21. The van der Waals surface area contributed by atoms with Crippen molar-refractivity contribution in [1.29, 1.82) is 0 Å². The zero-order valence-corrected chi connectivity index (χ0v) is 11.0. The zero-order valence-electron chi connectivity index (χ0n) is 11.0. The van der Waals surface area contributed by atoms with Crippen LogP contribution < -0.4 is 10.6 Å². The third-order valence-corrected chi connectivity index (χ3v) is 2.52. The number of aromatic nitrogens is 3. The summed E-state index contributed by atoms with van der Waals surface area (Å²) < 4.78 is 31.6. The van der Waals surface area contributed by atoms with Gasteiger partial charge in [0.15, 0.2) is 29.1 Å². The largest absolute Gasteiger partial charge is 0.368 e. The van der Waals surface area contributed by atoms with Crippen LogP contribution in [0.15, 0.2) is 17.0 Å². The molecule has 2 heterocycles. The highest BCUT2D eigenvalue weighted by Crippen LogP contribution is 2.18. The summed E-state index contributed by atoms with van der Waals surface area (Å²) in [4.78, 5) is 7.73. The molecule has 2 aromatic heterocycles. The van der Waals surface area contributed by atoms with E-state index >= 15 is 0 Å². The second-order valence-electron chi connectivity index (χ2n) is 4.10. The normalized spacial score (nSPS) is 10.6. The Bertz CT molecular complexity index is 547. The van der Waals surface area contributed by atoms with Gasteiger partial charge in [-0.05, 0) is 6.42 Å². The highest BCUT2D eigenvalue weighted by atomic mass is 19.1. The number of hydrogen-bond acceptors (Lipinski definition) is 6. The van der Waals surface area contributed by atoms with Crippen molar-refractivity contribution in [3.63, 3.8) is 0 Å². The van der Waals surface area contributed by atoms with Crippen molar-refractivity contribution in [2.24, 2.45) is 0 Å². The minimum atomic E-state index is -0.738. The van der Waals surface area contributed by atoms with Gasteiger partial charge in [-0.1, -0.05) is 12.1 Å². The van der Waals surface area contributed by atoms with Crippen molar-refractivity contribution in [2.45, 2.75) is 19.8 Å². The number of nitrogens with zero attached hydrogens (tertiary/aromatic N) is 3. The van der Waals surface area contributed by atoms with E-state index in [1.165, 1.54) is 6.39 Å². The highest BCUT2D eigenvalue weighted by molar-refractivity contribution is 5.47. The van der Waals surface area contributed by atoms with E-state index in [1.54, 1.807) is 0 Å². The van der Waals surface area contributed by atoms with Gasteiger partial charge in [-0.3, -0.25) is 0 Å². The fourth-order valence-electron chi connectivity index (χ4n) is 1.55. The minimum Gasteiger partial charge on any atom is -0.368 e. The number of nitrogens with one attached hydrogen (secondary N) is 2. The summed E-state index contributed by atoms with van der Waals surface area (Å²) in [6.45, 7) is 2.87. The molecule has 0 saturated heterocycles. The minimum absolute atomic E-state index is 0.00602. The van der Waals surface area contributed by atoms with Gasteiger partial charge >= 0.3 is 0 Å². The molecule has 0 unspecified atom stereocenters. The van der Waals surface area contributed by atoms with Crippen molar-refractivity contribution in [2.75, 3.05) is 23.7 Å². The van der Waals surface area contributed by atoms with E-state index in [0.29, 0.717) is 25.3 Å². The molecule has 0 aliphatic carbocycles. The van der Waals surface area contributed by atoms with Crippen molar-refractivity contribution >= 4 is 11.6 Å². The van der Waals surface area contributed by atoms with Crippen LogP contribution >= 0.6 is 0 Å². The Balaban J connectivity index is 1.99. The molecule has 2 N–H and O–H groups in total. The Morgan fingerprint density at radius 2 is 1.85 bits per heavy atom. The maximum Gasteiger partial charge on any atom is 0.213 e. The molecule has 8 heteroatoms. The zero-order chi connectivity index (χ0) is 14.4. The second-order valence-corrected chi connectivity index (χ2v) is 4.10. The molecule has 0 aliphatic rings. The number of halogens is 2. The van der Waals surface area contributed by atoms with Gasteiger partial charge < -0.3 is 15.2 Å². The first-order valence-electron chi connectivity index (χ1n) is 6.29. The van der Waals surface area contributed by atoms with Gasteiger partial charge in [-0.2, -0.15) is 4.98 Å². The lowest BCUT2D eigenvalue weighted by Crippen LogP contribution is -2.12. The summed E-state index contributed by atoms with van der Waals surface area (Å²) in [6, 6.07) is 0.807. The smallest absolute Gasteiger partial charge is 0.213 e. The first kappa shape index (κ1) is 14.2. The standard InChI is InChI=1S/C12H15F2N5O/c1-2-4-15-11-8(13)6-9(14)12(18-11)16-5-3-10-17-7-20-19-10/h6-7H,2-5H2,1H3,(H2,15,16,18). The summed E-state index contributed by atoms with van der Waals surface area (Å²) in [7, 11) is 0. The van der Waals surface area contributed by atoms with Gasteiger partial charge in [0.1, 0.15) is 0 Å². The summed E-state index contributed by atoms with van der Waals surface area (Å²) in [5.41, 5.74) is 0. The van der Waals surface area contributed by atoms with E-state index < -0.39 is 11.6 Å². The number of rotatable bonds is 7. The Morgan fingerprint density at radius 3 is 2.45 bits per heavy atom. The molecule has 2 aromatic rings. The summed E-state index contributed by atoms with van der Waals surface area (Å²) in [6.07, 6.45) is 2.49. The fourth-order valence-corrected chi connectivity index (χ4v) is 1.55. The maximum absolute atomic E-state index is 13.6. The van der Waals surface area contributed by atoms with Gasteiger partial charge in [0.2, 0.25) is 6.39 Å². The molecule has 6 nitrogen and oxygen atoms in total. The molecule has 0 aromatic carbocycles. The lowest BCUT2D eigenvalue weighted by Gasteiger charge is -2.10. The van der Waals surface area contributed by atoms with Crippen molar-refractivity contribution in [3.05, 3.63) is 29.9 Å². The topological polar surface area (TPSA) is 75.9 Å². The Morgan fingerprint density at radius 1 is 1.15 bits per heavy atom. The van der Waals surface area contributed by atoms with Crippen LogP contribution in [0.5, 0.6) is 0 Å². The van der Waals surface area contributed by atoms with Gasteiger partial charge in [0.05, 0.1) is 0 Å². The Kier molecular flexibility index (Phi) is 4.80. The molecule has 108 valence electrons. The molecule has 0 saturated carbocycles. The quantitative estimate of drug-likeness (QED) is 0.811. The van der Waals surface area contributed by atoms with Crippen LogP contribution in [0.1, 0.15) is 19.2 Å². The first-order chi connectivity index (χ1) is 9.70. The predicted octanol–water partition coefficient (Wildman–Crippen LogP) is 2.22. The van der Waals surface area contributed by atoms with Crippen LogP contribution in [0.25, 0.3) is 0 Å². The highest BCUT2D eigenvalue weighted by Gasteiger charge is 2.11. The molecule has 0 bridgehead atoms. The first-order valence-corrected chi connectivity index (χ1v) is 6.29. The van der Waals surface area contributed by atoms with Gasteiger partial charge in [0, 0.05) is 25.6 Å². The third kappa shape index (κ3) is 3.62. The van der Waals surface area contributed by atoms with Crippen molar-refractivity contribution in [3.8, 4) is 0 Å². The van der Waals surface area contributed by atoms with Gasteiger partial charge in [-0.25, -0.2) is 13.8 Å². The molecule has 0 aliphatic heterocycles. The van der Waals surface area contributed by atoms with E-state index in [2.05, 4.69) is 30.3 Å². The van der Waals surface area contributed by atoms with Crippen LogP contribution in [0, 0.1) is 11.6 Å². The Labute approximate surface area is 114 Å². The van der Waals surface area contributed by atoms with Crippen LogP contribution in [-0.2, 0) is 6.42 Å². The molecular formula is C12H15F2N5O. The molecule has 0 atom stereocenters. The van der Waals surface area contributed by atoms with E-state index in [4.69, 9.17) is 0 Å². The van der Waals surface area contributed by atoms with Crippen LogP contribution in [-0.4, -0.2) is 28.2 Å². The second kappa shape index (κ2) is 6.78. The lowest BCUT2D eigenvalue weighted by molar-refractivity contribution is 0.410. The fraction of sp³-hybridized carbons (Fsp3) is 0.417. The average molecular weight is 283 g/mol. The molecule has 0 fully saturated rings. The van der Waals surface area contributed by atoms with E-state index in [1.807, 2.05) is 6.92 Å². The van der Waals surface area contributed by atoms with E-state index in [-0.39, 0.29) is 11.6 Å². The molecule has 0 radical (unpaired) electrons.